The average Bonchev–Trinajstić information content (AvgIpc) is 2.68. The summed E-state index contributed by atoms with van der Waals surface area (Å²) in [6.45, 7) is 2.59. The Kier molecular flexibility index (Phi) is 7.16. The van der Waals surface area contributed by atoms with Crippen molar-refractivity contribution >= 4 is 0 Å². The molecule has 1 unspecified atom stereocenters. The number of rotatable bonds is 9. The second kappa shape index (κ2) is 10.1. The first kappa shape index (κ1) is 17.8. The predicted molar refractivity (Wildman–Crippen MR) is 96.9 cm³/mol. The third-order valence-electron chi connectivity index (χ3n) is 4.07. The Morgan fingerprint density at radius 2 is 1.60 bits per heavy atom. The Bertz CT molecular complexity index is 608. The molecule has 3 rings (SSSR count). The van der Waals surface area contributed by atoms with Gasteiger partial charge in [0.15, 0.2) is 17.8 Å². The van der Waals surface area contributed by atoms with E-state index in [1.165, 1.54) is 6.42 Å². The van der Waals surface area contributed by atoms with E-state index in [1.807, 2.05) is 54.6 Å². The number of hydrogen-bond acceptors (Lipinski definition) is 4. The van der Waals surface area contributed by atoms with E-state index >= 15 is 0 Å². The molecule has 25 heavy (non-hydrogen) atoms. The molecule has 0 aromatic heterocycles. The number of ether oxygens (including phenoxy) is 4. The standard InChI is InChI=1S/C21H26O4/c1-2-9-18(10-3-1)17-25-20-12-5-4-11-19(20)22-15-8-16-24-21-13-6-7-14-23-21/h1-5,9-12,21H,6-8,13-17H2. The van der Waals surface area contributed by atoms with Crippen LogP contribution in [-0.2, 0) is 16.1 Å². The maximum Gasteiger partial charge on any atom is 0.161 e. The van der Waals surface area contributed by atoms with Crippen LogP contribution in [-0.4, -0.2) is 26.1 Å². The van der Waals surface area contributed by atoms with E-state index < -0.39 is 0 Å². The van der Waals surface area contributed by atoms with Gasteiger partial charge in [0.05, 0.1) is 13.2 Å². The molecular formula is C21H26O4. The molecule has 0 amide bonds. The molecule has 4 heteroatoms. The normalized spacial score (nSPS) is 17.2. The smallest absolute Gasteiger partial charge is 0.161 e. The fraction of sp³-hybridized carbons (Fsp3) is 0.429. The van der Waals surface area contributed by atoms with Gasteiger partial charge in [-0.2, -0.15) is 0 Å². The second-order valence-electron chi connectivity index (χ2n) is 6.09. The van der Waals surface area contributed by atoms with Crippen LogP contribution in [0.2, 0.25) is 0 Å². The van der Waals surface area contributed by atoms with E-state index in [0.717, 1.165) is 42.9 Å². The van der Waals surface area contributed by atoms with E-state index in [-0.39, 0.29) is 6.29 Å². The third kappa shape index (κ3) is 6.07. The van der Waals surface area contributed by atoms with Crippen LogP contribution in [0.25, 0.3) is 0 Å². The van der Waals surface area contributed by atoms with Gasteiger partial charge >= 0.3 is 0 Å². The molecule has 1 saturated heterocycles. The predicted octanol–water partition coefficient (Wildman–Crippen LogP) is 4.58. The highest BCUT2D eigenvalue weighted by Gasteiger charge is 2.13. The third-order valence-corrected chi connectivity index (χ3v) is 4.07. The highest BCUT2D eigenvalue weighted by molar-refractivity contribution is 5.39. The quantitative estimate of drug-likeness (QED) is 0.625. The van der Waals surface area contributed by atoms with Crippen LogP contribution in [0, 0.1) is 0 Å². The molecule has 134 valence electrons. The Morgan fingerprint density at radius 1 is 0.840 bits per heavy atom. The molecule has 2 aromatic rings. The minimum Gasteiger partial charge on any atom is -0.490 e. The fourth-order valence-electron chi connectivity index (χ4n) is 2.72. The van der Waals surface area contributed by atoms with Gasteiger partial charge in [0.25, 0.3) is 0 Å². The van der Waals surface area contributed by atoms with Crippen molar-refractivity contribution in [3.63, 3.8) is 0 Å². The summed E-state index contributed by atoms with van der Waals surface area (Å²) in [5.41, 5.74) is 1.14. The monoisotopic (exact) mass is 342 g/mol. The van der Waals surface area contributed by atoms with Crippen LogP contribution in [0.3, 0.4) is 0 Å². The molecule has 4 nitrogen and oxygen atoms in total. The Hall–Kier alpha value is -2.04. The van der Waals surface area contributed by atoms with Crippen molar-refractivity contribution in [2.45, 2.75) is 38.6 Å². The fourth-order valence-corrected chi connectivity index (χ4v) is 2.72. The van der Waals surface area contributed by atoms with Crippen molar-refractivity contribution in [3.8, 4) is 11.5 Å². The zero-order chi connectivity index (χ0) is 17.2. The maximum atomic E-state index is 5.90. The van der Waals surface area contributed by atoms with Crippen LogP contribution in [0.4, 0.5) is 0 Å². The van der Waals surface area contributed by atoms with Crippen LogP contribution in [0.1, 0.15) is 31.2 Å². The van der Waals surface area contributed by atoms with Crippen LogP contribution in [0.15, 0.2) is 54.6 Å². The zero-order valence-electron chi connectivity index (χ0n) is 14.6. The lowest BCUT2D eigenvalue weighted by Gasteiger charge is -2.22. The summed E-state index contributed by atoms with van der Waals surface area (Å²) in [7, 11) is 0. The van der Waals surface area contributed by atoms with Gasteiger partial charge in [0.1, 0.15) is 6.61 Å². The van der Waals surface area contributed by atoms with Crippen molar-refractivity contribution in [2.24, 2.45) is 0 Å². The number of benzene rings is 2. The minimum absolute atomic E-state index is 0.0322. The maximum absolute atomic E-state index is 5.90. The molecule has 0 bridgehead atoms. The van der Waals surface area contributed by atoms with Crippen molar-refractivity contribution in [1.82, 2.24) is 0 Å². The highest BCUT2D eigenvalue weighted by atomic mass is 16.7. The molecule has 0 radical (unpaired) electrons. The van der Waals surface area contributed by atoms with Crippen LogP contribution >= 0.6 is 0 Å². The minimum atomic E-state index is -0.0322. The molecule has 0 saturated carbocycles. The van der Waals surface area contributed by atoms with Gasteiger partial charge in [-0.1, -0.05) is 42.5 Å². The van der Waals surface area contributed by atoms with Crippen molar-refractivity contribution in [1.29, 1.82) is 0 Å². The number of hydrogen-bond donors (Lipinski definition) is 0. The zero-order valence-corrected chi connectivity index (χ0v) is 14.6. The molecule has 2 aromatic carbocycles. The van der Waals surface area contributed by atoms with Gasteiger partial charge in [-0.05, 0) is 37.0 Å². The molecule has 0 spiro atoms. The summed E-state index contributed by atoms with van der Waals surface area (Å²) in [6.07, 6.45) is 4.12. The molecule has 1 heterocycles. The Balaban J connectivity index is 1.39. The van der Waals surface area contributed by atoms with E-state index in [9.17, 15) is 0 Å². The van der Waals surface area contributed by atoms with Gasteiger partial charge in [-0.15, -0.1) is 0 Å². The van der Waals surface area contributed by atoms with Crippen molar-refractivity contribution < 1.29 is 18.9 Å². The summed E-state index contributed by atoms with van der Waals surface area (Å²) >= 11 is 0. The number of para-hydroxylation sites is 2. The Morgan fingerprint density at radius 3 is 2.36 bits per heavy atom. The van der Waals surface area contributed by atoms with Crippen LogP contribution in [0.5, 0.6) is 11.5 Å². The molecule has 0 N–H and O–H groups in total. The highest BCUT2D eigenvalue weighted by Crippen LogP contribution is 2.27. The molecule has 0 aliphatic carbocycles. The SMILES string of the molecule is c1ccc(COc2ccccc2OCCCOC2CCCCO2)cc1. The summed E-state index contributed by atoms with van der Waals surface area (Å²) in [6, 6.07) is 17.9. The first-order valence-electron chi connectivity index (χ1n) is 9.03. The summed E-state index contributed by atoms with van der Waals surface area (Å²) in [4.78, 5) is 0. The topological polar surface area (TPSA) is 36.9 Å². The molecule has 1 atom stereocenters. The van der Waals surface area contributed by atoms with Crippen molar-refractivity contribution in [3.05, 3.63) is 60.2 Å². The first-order valence-corrected chi connectivity index (χ1v) is 9.03. The van der Waals surface area contributed by atoms with E-state index in [1.54, 1.807) is 0 Å². The molecule has 1 aliphatic heterocycles. The first-order chi connectivity index (χ1) is 12.4. The average molecular weight is 342 g/mol. The Labute approximate surface area is 149 Å². The lowest BCUT2D eigenvalue weighted by Crippen LogP contribution is -2.23. The van der Waals surface area contributed by atoms with Gasteiger partial charge in [-0.25, -0.2) is 0 Å². The molecule has 1 fully saturated rings. The van der Waals surface area contributed by atoms with E-state index in [2.05, 4.69) is 0 Å². The molecule has 1 aliphatic rings. The second-order valence-corrected chi connectivity index (χ2v) is 6.09. The molecular weight excluding hydrogens is 316 g/mol. The van der Waals surface area contributed by atoms with E-state index in [4.69, 9.17) is 18.9 Å². The van der Waals surface area contributed by atoms with E-state index in [0.29, 0.717) is 19.8 Å². The lowest BCUT2D eigenvalue weighted by atomic mass is 10.2. The largest absolute Gasteiger partial charge is 0.490 e. The van der Waals surface area contributed by atoms with Gasteiger partial charge in [-0.3, -0.25) is 0 Å². The summed E-state index contributed by atoms with van der Waals surface area (Å²) in [5, 5.41) is 0. The van der Waals surface area contributed by atoms with Crippen molar-refractivity contribution in [2.75, 3.05) is 19.8 Å². The lowest BCUT2D eigenvalue weighted by molar-refractivity contribution is -0.163. The summed E-state index contributed by atoms with van der Waals surface area (Å²) in [5.74, 6) is 1.54. The van der Waals surface area contributed by atoms with Gasteiger partial charge in [0, 0.05) is 13.0 Å². The van der Waals surface area contributed by atoms with Crippen LogP contribution < -0.4 is 9.47 Å². The summed E-state index contributed by atoms with van der Waals surface area (Å²) < 4.78 is 23.0. The van der Waals surface area contributed by atoms with Gasteiger partial charge in [0.2, 0.25) is 0 Å². The van der Waals surface area contributed by atoms with Gasteiger partial charge < -0.3 is 18.9 Å².